The summed E-state index contributed by atoms with van der Waals surface area (Å²) in [5.41, 5.74) is 5.04. The maximum absolute atomic E-state index is 13.3. The van der Waals surface area contributed by atoms with Crippen LogP contribution in [0.1, 0.15) is 23.1 Å². The number of amides is 1. The van der Waals surface area contributed by atoms with E-state index in [0.717, 1.165) is 35.3 Å². The van der Waals surface area contributed by atoms with Crippen molar-refractivity contribution in [2.24, 2.45) is 5.92 Å². The van der Waals surface area contributed by atoms with Gasteiger partial charge in [-0.1, -0.05) is 36.4 Å². The van der Waals surface area contributed by atoms with Crippen LogP contribution < -0.4 is 9.47 Å². The summed E-state index contributed by atoms with van der Waals surface area (Å²) in [6, 6.07) is 18.5. The molecule has 0 aromatic heterocycles. The molecule has 0 saturated carbocycles. The normalized spacial score (nSPS) is 17.4. The van der Waals surface area contributed by atoms with Gasteiger partial charge in [0, 0.05) is 24.6 Å². The Hall–Kier alpha value is -3.38. The number of carbonyl (C=O) groups is 1. The zero-order valence-electron chi connectivity index (χ0n) is 20.0. The van der Waals surface area contributed by atoms with E-state index in [0.29, 0.717) is 50.3 Å². The van der Waals surface area contributed by atoms with Crippen molar-refractivity contribution in [1.29, 1.82) is 0 Å². The molecule has 1 amide bonds. The lowest BCUT2D eigenvalue weighted by molar-refractivity contribution is -0.131. The lowest BCUT2D eigenvalue weighted by atomic mass is 9.97. The van der Waals surface area contributed by atoms with E-state index >= 15 is 0 Å². The highest BCUT2D eigenvalue weighted by Crippen LogP contribution is 2.39. The number of carbonyl (C=O) groups excluding carboxylic acids is 1. The molecule has 1 saturated heterocycles. The van der Waals surface area contributed by atoms with Crippen LogP contribution >= 0.6 is 0 Å². The predicted octanol–water partition coefficient (Wildman–Crippen LogP) is 5.18. The third kappa shape index (κ3) is 5.49. The Labute approximate surface area is 205 Å². The molecule has 1 fully saturated rings. The van der Waals surface area contributed by atoms with Gasteiger partial charge in [-0.15, -0.1) is 0 Å². The molecule has 2 aliphatic heterocycles. The van der Waals surface area contributed by atoms with E-state index in [-0.39, 0.29) is 18.1 Å². The molecule has 1 unspecified atom stereocenters. The minimum atomic E-state index is -0.307. The molecule has 5 nitrogen and oxygen atoms in total. The fourth-order valence-corrected chi connectivity index (χ4v) is 4.67. The monoisotopic (exact) mass is 475 g/mol. The van der Waals surface area contributed by atoms with Crippen molar-refractivity contribution < 1.29 is 23.4 Å². The molecule has 0 spiro atoms. The lowest BCUT2D eigenvalue weighted by Gasteiger charge is -2.21. The van der Waals surface area contributed by atoms with E-state index < -0.39 is 0 Å². The number of hydrogen-bond donors (Lipinski definition) is 0. The molecule has 182 valence electrons. The van der Waals surface area contributed by atoms with E-state index in [9.17, 15) is 9.18 Å². The van der Waals surface area contributed by atoms with E-state index in [1.165, 1.54) is 17.7 Å². The van der Waals surface area contributed by atoms with Crippen LogP contribution in [0.5, 0.6) is 11.5 Å². The molecule has 3 aromatic carbocycles. The number of ether oxygens (including phenoxy) is 3. The van der Waals surface area contributed by atoms with Crippen molar-refractivity contribution in [3.05, 3.63) is 83.2 Å². The van der Waals surface area contributed by atoms with Crippen LogP contribution in [0, 0.1) is 18.7 Å². The quantitative estimate of drug-likeness (QED) is 0.493. The van der Waals surface area contributed by atoms with Crippen LogP contribution in [0.2, 0.25) is 0 Å². The number of halogens is 1. The van der Waals surface area contributed by atoms with Crippen molar-refractivity contribution in [2.45, 2.75) is 26.3 Å². The van der Waals surface area contributed by atoms with E-state index in [1.807, 2.05) is 23.1 Å². The van der Waals surface area contributed by atoms with Crippen LogP contribution in [0.15, 0.2) is 60.7 Å². The van der Waals surface area contributed by atoms with Crippen LogP contribution in [-0.4, -0.2) is 43.8 Å². The summed E-state index contributed by atoms with van der Waals surface area (Å²) in [5, 5.41) is 0. The Bertz CT molecular complexity index is 1190. The molecule has 2 aliphatic rings. The summed E-state index contributed by atoms with van der Waals surface area (Å²) in [6.45, 7) is 5.44. The van der Waals surface area contributed by atoms with Crippen molar-refractivity contribution in [3.8, 4) is 22.6 Å². The van der Waals surface area contributed by atoms with Gasteiger partial charge >= 0.3 is 0 Å². The first-order chi connectivity index (χ1) is 17.1. The number of benzene rings is 3. The number of nitrogens with zero attached hydrogens (tertiary/aromatic N) is 1. The first kappa shape index (κ1) is 23.4. The summed E-state index contributed by atoms with van der Waals surface area (Å²) < 4.78 is 31.2. The van der Waals surface area contributed by atoms with Crippen LogP contribution in [0.25, 0.3) is 11.1 Å². The van der Waals surface area contributed by atoms with Gasteiger partial charge in [-0.2, -0.15) is 0 Å². The second-order valence-corrected chi connectivity index (χ2v) is 9.29. The maximum atomic E-state index is 13.3. The fourth-order valence-electron chi connectivity index (χ4n) is 4.67. The molecular formula is C29H30FNO4. The zero-order chi connectivity index (χ0) is 24.2. The minimum absolute atomic E-state index is 0.0140. The average molecular weight is 476 g/mol. The molecule has 0 radical (unpaired) electrons. The van der Waals surface area contributed by atoms with Gasteiger partial charge in [0.2, 0.25) is 5.91 Å². The Kier molecular flexibility index (Phi) is 7.00. The molecule has 0 N–H and O–H groups in total. The zero-order valence-corrected chi connectivity index (χ0v) is 20.0. The van der Waals surface area contributed by atoms with Crippen molar-refractivity contribution >= 4 is 5.91 Å². The second-order valence-electron chi connectivity index (χ2n) is 9.29. The first-order valence-electron chi connectivity index (χ1n) is 12.2. The van der Waals surface area contributed by atoms with Gasteiger partial charge in [-0.25, -0.2) is 4.39 Å². The van der Waals surface area contributed by atoms with Gasteiger partial charge in [0.05, 0.1) is 26.2 Å². The molecule has 3 aromatic rings. The molecule has 35 heavy (non-hydrogen) atoms. The number of fused-ring (bicyclic) bond motifs is 1. The van der Waals surface area contributed by atoms with E-state index in [1.54, 1.807) is 12.1 Å². The van der Waals surface area contributed by atoms with Gasteiger partial charge in [0.15, 0.2) is 11.5 Å². The Morgan fingerprint density at radius 3 is 2.71 bits per heavy atom. The van der Waals surface area contributed by atoms with Gasteiger partial charge in [-0.3, -0.25) is 4.79 Å². The van der Waals surface area contributed by atoms with Gasteiger partial charge < -0.3 is 19.1 Å². The Balaban J connectivity index is 1.44. The molecule has 1 atom stereocenters. The maximum Gasteiger partial charge on any atom is 0.227 e. The van der Waals surface area contributed by atoms with Crippen LogP contribution in [-0.2, 0) is 22.5 Å². The van der Waals surface area contributed by atoms with Crippen LogP contribution in [0.4, 0.5) is 4.39 Å². The predicted molar refractivity (Wildman–Crippen MR) is 132 cm³/mol. The number of aryl methyl sites for hydroxylation is 1. The average Bonchev–Trinajstić information content (AvgIpc) is 3.29. The Morgan fingerprint density at radius 2 is 1.94 bits per heavy atom. The fraction of sp³-hybridized carbons (Fsp3) is 0.345. The largest absolute Gasteiger partial charge is 0.489 e. The molecule has 0 bridgehead atoms. The first-order valence-corrected chi connectivity index (χ1v) is 12.2. The topological polar surface area (TPSA) is 48.0 Å². The summed E-state index contributed by atoms with van der Waals surface area (Å²) in [4.78, 5) is 15.0. The van der Waals surface area contributed by atoms with E-state index in [4.69, 9.17) is 14.2 Å². The SMILES string of the molecule is Cc1ccccc1-c1cc2c(c(OCC3CCOC3)c1)OCCN(C(=O)Cc1ccc(F)cc1)C2. The summed E-state index contributed by atoms with van der Waals surface area (Å²) in [5.74, 6) is 1.46. The van der Waals surface area contributed by atoms with Crippen molar-refractivity contribution in [1.82, 2.24) is 4.90 Å². The molecule has 6 heteroatoms. The highest BCUT2D eigenvalue weighted by molar-refractivity contribution is 5.79. The summed E-state index contributed by atoms with van der Waals surface area (Å²) in [6.07, 6.45) is 1.21. The standard InChI is InChI=1S/C29H30FNO4/c1-20-4-2-3-5-26(20)23-15-24-17-31(28(32)14-21-6-8-25(30)9-7-21)11-13-34-29(24)27(16-23)35-19-22-10-12-33-18-22/h2-9,15-16,22H,10-14,17-19H2,1H3. The highest BCUT2D eigenvalue weighted by Gasteiger charge is 2.25. The molecule has 2 heterocycles. The minimum Gasteiger partial charge on any atom is -0.489 e. The smallest absolute Gasteiger partial charge is 0.227 e. The third-order valence-electron chi connectivity index (χ3n) is 6.68. The van der Waals surface area contributed by atoms with Gasteiger partial charge in [0.25, 0.3) is 0 Å². The molecular weight excluding hydrogens is 445 g/mol. The lowest BCUT2D eigenvalue weighted by Crippen LogP contribution is -2.33. The molecule has 0 aliphatic carbocycles. The van der Waals surface area contributed by atoms with Crippen LogP contribution in [0.3, 0.4) is 0 Å². The molecule has 5 rings (SSSR count). The second kappa shape index (κ2) is 10.5. The Morgan fingerprint density at radius 1 is 1.11 bits per heavy atom. The summed E-state index contributed by atoms with van der Waals surface area (Å²) in [7, 11) is 0. The highest BCUT2D eigenvalue weighted by atomic mass is 19.1. The van der Waals surface area contributed by atoms with E-state index in [2.05, 4.69) is 25.1 Å². The summed E-state index contributed by atoms with van der Waals surface area (Å²) >= 11 is 0. The van der Waals surface area contributed by atoms with Gasteiger partial charge in [-0.05, 0) is 59.9 Å². The van der Waals surface area contributed by atoms with Crippen molar-refractivity contribution in [3.63, 3.8) is 0 Å². The van der Waals surface area contributed by atoms with Crippen molar-refractivity contribution in [2.75, 3.05) is 33.0 Å². The van der Waals surface area contributed by atoms with Gasteiger partial charge in [0.1, 0.15) is 12.4 Å². The number of rotatable bonds is 6. The third-order valence-corrected chi connectivity index (χ3v) is 6.68. The number of hydrogen-bond acceptors (Lipinski definition) is 4.